The fourth-order valence-electron chi connectivity index (χ4n) is 3.17. The molecule has 1 aromatic heterocycles. The Balaban J connectivity index is 1.80. The second-order valence-electron chi connectivity index (χ2n) is 5.71. The summed E-state index contributed by atoms with van der Waals surface area (Å²) in [6.07, 6.45) is 6.35. The first-order chi connectivity index (χ1) is 10.2. The van der Waals surface area contributed by atoms with E-state index in [0.29, 0.717) is 13.2 Å². The van der Waals surface area contributed by atoms with Gasteiger partial charge in [0.1, 0.15) is 6.61 Å². The van der Waals surface area contributed by atoms with Crippen LogP contribution in [0.5, 0.6) is 0 Å². The molecule has 1 atom stereocenters. The minimum Gasteiger partial charge on any atom is -0.377 e. The summed E-state index contributed by atoms with van der Waals surface area (Å²) >= 11 is 0. The van der Waals surface area contributed by atoms with Gasteiger partial charge in [-0.3, -0.25) is 4.79 Å². The minimum atomic E-state index is -0.0350. The molecule has 114 valence electrons. The van der Waals surface area contributed by atoms with E-state index in [-0.39, 0.29) is 11.9 Å². The average Bonchev–Trinajstić information content (AvgIpc) is 2.92. The number of hydrogen-bond donors (Lipinski definition) is 0. The largest absolute Gasteiger partial charge is 0.377 e. The second kappa shape index (κ2) is 5.97. The number of carbonyl (C=O) groups excluding carboxylic acids is 1. The Morgan fingerprint density at radius 3 is 2.95 bits per heavy atom. The van der Waals surface area contributed by atoms with Crippen LogP contribution in [0.25, 0.3) is 0 Å². The molecule has 0 radical (unpaired) electrons. The number of fused-ring (bicyclic) bond motifs is 1. The lowest BCUT2D eigenvalue weighted by atomic mass is 9.98. The molecule has 3 rings (SSSR count). The van der Waals surface area contributed by atoms with Gasteiger partial charge in [0.15, 0.2) is 11.6 Å². The molecule has 0 aromatic carbocycles. The third kappa shape index (κ3) is 2.60. The predicted octanol–water partition coefficient (Wildman–Crippen LogP) is 1.83. The number of allylic oxidation sites excluding steroid dienone is 1. The summed E-state index contributed by atoms with van der Waals surface area (Å²) in [4.78, 5) is 14.6. The van der Waals surface area contributed by atoms with E-state index in [1.54, 1.807) is 7.11 Å². The Kier molecular flexibility index (Phi) is 4.05. The Hall–Kier alpha value is -1.69. The molecule has 1 aliphatic heterocycles. The number of nitrogens with zero attached hydrogens (tertiary/aromatic N) is 4. The van der Waals surface area contributed by atoms with Crippen molar-refractivity contribution < 1.29 is 9.53 Å². The summed E-state index contributed by atoms with van der Waals surface area (Å²) in [5, 5.41) is 8.43. The van der Waals surface area contributed by atoms with Gasteiger partial charge in [0, 0.05) is 25.8 Å². The van der Waals surface area contributed by atoms with Crippen molar-refractivity contribution in [3.63, 3.8) is 0 Å². The second-order valence-corrected chi connectivity index (χ2v) is 5.71. The number of methoxy groups -OCH3 is 1. The van der Waals surface area contributed by atoms with Crippen LogP contribution in [-0.4, -0.2) is 39.2 Å². The van der Waals surface area contributed by atoms with Crippen LogP contribution in [0.1, 0.15) is 50.3 Å². The van der Waals surface area contributed by atoms with Crippen molar-refractivity contribution >= 4 is 5.91 Å². The number of amides is 1. The highest BCUT2D eigenvalue weighted by atomic mass is 16.5. The highest BCUT2D eigenvalue weighted by molar-refractivity contribution is 5.93. The van der Waals surface area contributed by atoms with Gasteiger partial charge < -0.3 is 14.2 Å². The third-order valence-electron chi connectivity index (χ3n) is 4.36. The van der Waals surface area contributed by atoms with Crippen LogP contribution in [-0.2, 0) is 22.7 Å². The summed E-state index contributed by atoms with van der Waals surface area (Å²) in [6, 6.07) is -0.0350. The van der Waals surface area contributed by atoms with Gasteiger partial charge in [-0.1, -0.05) is 6.08 Å². The lowest BCUT2D eigenvalue weighted by molar-refractivity contribution is -0.130. The fraction of sp³-hybridized carbons (Fsp3) is 0.667. The maximum atomic E-state index is 12.7. The zero-order valence-electron chi connectivity index (χ0n) is 12.7. The molecule has 0 saturated carbocycles. The van der Waals surface area contributed by atoms with Crippen LogP contribution in [0.2, 0.25) is 0 Å². The van der Waals surface area contributed by atoms with Crippen molar-refractivity contribution in [2.75, 3.05) is 13.7 Å². The van der Waals surface area contributed by atoms with Gasteiger partial charge >= 0.3 is 0 Å². The average molecular weight is 290 g/mol. The molecule has 21 heavy (non-hydrogen) atoms. The lowest BCUT2D eigenvalue weighted by Crippen LogP contribution is -2.42. The van der Waals surface area contributed by atoms with E-state index in [9.17, 15) is 4.79 Å². The molecule has 0 saturated heterocycles. The highest BCUT2D eigenvalue weighted by Crippen LogP contribution is 2.28. The van der Waals surface area contributed by atoms with E-state index >= 15 is 0 Å². The summed E-state index contributed by atoms with van der Waals surface area (Å²) < 4.78 is 7.22. The van der Waals surface area contributed by atoms with Gasteiger partial charge in [-0.25, -0.2) is 0 Å². The quantitative estimate of drug-likeness (QED) is 0.852. The molecule has 0 fully saturated rings. The summed E-state index contributed by atoms with van der Waals surface area (Å²) in [6.45, 7) is 3.93. The lowest BCUT2D eigenvalue weighted by Gasteiger charge is -2.34. The number of rotatable bonds is 3. The molecule has 2 heterocycles. The normalized spacial score (nSPS) is 21.9. The summed E-state index contributed by atoms with van der Waals surface area (Å²) in [7, 11) is 1.65. The van der Waals surface area contributed by atoms with Crippen LogP contribution >= 0.6 is 0 Å². The fourth-order valence-corrected chi connectivity index (χ4v) is 3.17. The van der Waals surface area contributed by atoms with Gasteiger partial charge in [0.25, 0.3) is 0 Å². The minimum absolute atomic E-state index is 0.0350. The van der Waals surface area contributed by atoms with Gasteiger partial charge in [0.2, 0.25) is 5.91 Å². The molecular formula is C15H22N4O2. The van der Waals surface area contributed by atoms with E-state index < -0.39 is 0 Å². The van der Waals surface area contributed by atoms with E-state index in [4.69, 9.17) is 4.74 Å². The molecular weight excluding hydrogens is 268 g/mol. The Morgan fingerprint density at radius 1 is 1.38 bits per heavy atom. The Morgan fingerprint density at radius 2 is 2.24 bits per heavy atom. The smallest absolute Gasteiger partial charge is 0.250 e. The Labute approximate surface area is 124 Å². The topological polar surface area (TPSA) is 60.3 Å². The maximum absolute atomic E-state index is 12.7. The first-order valence-electron chi connectivity index (χ1n) is 7.63. The highest BCUT2D eigenvalue weighted by Gasteiger charge is 2.32. The molecule has 1 aliphatic carbocycles. The van der Waals surface area contributed by atoms with Crippen LogP contribution in [0.15, 0.2) is 11.6 Å². The van der Waals surface area contributed by atoms with Crippen molar-refractivity contribution in [2.24, 2.45) is 0 Å². The van der Waals surface area contributed by atoms with Crippen LogP contribution in [0.3, 0.4) is 0 Å². The van der Waals surface area contributed by atoms with Crippen molar-refractivity contribution in [3.05, 3.63) is 23.3 Å². The van der Waals surface area contributed by atoms with E-state index in [0.717, 1.165) is 43.0 Å². The molecule has 1 aromatic rings. The van der Waals surface area contributed by atoms with Gasteiger partial charge in [-0.05, 0) is 32.6 Å². The molecule has 6 heteroatoms. The van der Waals surface area contributed by atoms with Gasteiger partial charge in [0.05, 0.1) is 6.04 Å². The van der Waals surface area contributed by atoms with Crippen molar-refractivity contribution in [3.8, 4) is 0 Å². The summed E-state index contributed by atoms with van der Waals surface area (Å²) in [5.74, 6) is 1.87. The first kappa shape index (κ1) is 14.3. The number of aromatic nitrogens is 3. The van der Waals surface area contributed by atoms with Crippen molar-refractivity contribution in [1.82, 2.24) is 19.7 Å². The SMILES string of the molecule is COCc1nnc2n1CCN(C(=O)C1=CCCCC1)[C@@H]2C. The summed E-state index contributed by atoms with van der Waals surface area (Å²) in [5.41, 5.74) is 0.971. The predicted molar refractivity (Wildman–Crippen MR) is 77.4 cm³/mol. The number of hydrogen-bond acceptors (Lipinski definition) is 4. The molecule has 0 unspecified atom stereocenters. The standard InChI is InChI=1S/C15H22N4O2/c1-11-14-17-16-13(10-21-2)19(14)9-8-18(11)15(20)12-6-4-3-5-7-12/h6,11H,3-5,7-10H2,1-2H3/t11-/m1/s1. The maximum Gasteiger partial charge on any atom is 0.250 e. The first-order valence-corrected chi connectivity index (χ1v) is 7.63. The monoisotopic (exact) mass is 290 g/mol. The third-order valence-corrected chi connectivity index (χ3v) is 4.36. The Bertz CT molecular complexity index is 564. The molecule has 0 spiro atoms. The van der Waals surface area contributed by atoms with Crippen LogP contribution in [0, 0.1) is 0 Å². The number of carbonyl (C=O) groups is 1. The van der Waals surface area contributed by atoms with Crippen molar-refractivity contribution in [1.29, 1.82) is 0 Å². The zero-order valence-corrected chi connectivity index (χ0v) is 12.7. The van der Waals surface area contributed by atoms with Gasteiger partial charge in [-0.15, -0.1) is 10.2 Å². The molecule has 0 N–H and O–H groups in total. The molecule has 0 bridgehead atoms. The molecule has 1 amide bonds. The van der Waals surface area contributed by atoms with E-state index in [2.05, 4.69) is 20.8 Å². The molecule has 6 nitrogen and oxygen atoms in total. The van der Waals surface area contributed by atoms with Gasteiger partial charge in [-0.2, -0.15) is 0 Å². The van der Waals surface area contributed by atoms with E-state index in [1.807, 2.05) is 11.8 Å². The zero-order chi connectivity index (χ0) is 14.8. The van der Waals surface area contributed by atoms with Crippen LogP contribution in [0.4, 0.5) is 0 Å². The molecule has 2 aliphatic rings. The van der Waals surface area contributed by atoms with Crippen LogP contribution < -0.4 is 0 Å². The number of ether oxygens (including phenoxy) is 1. The van der Waals surface area contributed by atoms with E-state index in [1.165, 1.54) is 6.42 Å². The van der Waals surface area contributed by atoms with Crippen molar-refractivity contribution in [2.45, 2.75) is 51.8 Å².